The van der Waals surface area contributed by atoms with E-state index in [1.54, 1.807) is 10.6 Å². The van der Waals surface area contributed by atoms with E-state index >= 15 is 0 Å². The van der Waals surface area contributed by atoms with Crippen molar-refractivity contribution in [2.24, 2.45) is 5.18 Å². The normalized spacial score (nSPS) is 10.8. The number of benzene rings is 1. The minimum Gasteiger partial charge on any atom is -0.281 e. The van der Waals surface area contributed by atoms with Crippen LogP contribution in [0.1, 0.15) is 11.1 Å². The van der Waals surface area contributed by atoms with E-state index in [4.69, 9.17) is 0 Å². The molecule has 0 aliphatic heterocycles. The Morgan fingerprint density at radius 1 is 1.11 bits per heavy atom. The van der Waals surface area contributed by atoms with Gasteiger partial charge in [0.25, 0.3) is 0 Å². The average Bonchev–Trinajstić information content (AvgIpc) is 2.80. The number of rotatable bonds is 2. The van der Waals surface area contributed by atoms with E-state index in [1.165, 1.54) is 11.1 Å². The number of nitrogens with zero attached hydrogens (tertiary/aromatic N) is 3. The maximum absolute atomic E-state index is 11.1. The molecular formula is C15H13N3O. The van der Waals surface area contributed by atoms with E-state index in [2.05, 4.69) is 17.1 Å². The van der Waals surface area contributed by atoms with Crippen LogP contribution in [0.25, 0.3) is 16.9 Å². The number of aryl methyl sites for hydroxylation is 2. The third kappa shape index (κ3) is 1.81. The van der Waals surface area contributed by atoms with Crippen molar-refractivity contribution in [3.8, 4) is 11.3 Å². The highest BCUT2D eigenvalue weighted by Crippen LogP contribution is 2.31. The van der Waals surface area contributed by atoms with Gasteiger partial charge in [-0.3, -0.25) is 4.40 Å². The summed E-state index contributed by atoms with van der Waals surface area (Å²) < 4.78 is 1.71. The van der Waals surface area contributed by atoms with Crippen molar-refractivity contribution in [3.63, 3.8) is 0 Å². The van der Waals surface area contributed by atoms with Gasteiger partial charge in [-0.15, -0.1) is 4.91 Å². The molecule has 3 aromatic rings. The second-order valence-electron chi connectivity index (χ2n) is 4.60. The molecule has 94 valence electrons. The van der Waals surface area contributed by atoms with Crippen molar-refractivity contribution in [1.29, 1.82) is 0 Å². The molecule has 0 aliphatic rings. The van der Waals surface area contributed by atoms with Gasteiger partial charge >= 0.3 is 0 Å². The third-order valence-electron chi connectivity index (χ3n) is 3.37. The zero-order chi connectivity index (χ0) is 13.4. The predicted molar refractivity (Wildman–Crippen MR) is 75.6 cm³/mol. The van der Waals surface area contributed by atoms with E-state index < -0.39 is 0 Å². The fraction of sp³-hybridized carbons (Fsp3) is 0.133. The first-order valence-corrected chi connectivity index (χ1v) is 6.09. The molecule has 0 amide bonds. The Balaban J connectivity index is 2.29. The van der Waals surface area contributed by atoms with Gasteiger partial charge in [-0.1, -0.05) is 18.2 Å². The largest absolute Gasteiger partial charge is 0.281 e. The molecular weight excluding hydrogens is 238 g/mol. The molecule has 0 spiro atoms. The van der Waals surface area contributed by atoms with Crippen molar-refractivity contribution in [3.05, 3.63) is 58.6 Å². The Morgan fingerprint density at radius 2 is 1.95 bits per heavy atom. The highest BCUT2D eigenvalue weighted by atomic mass is 16.3. The molecule has 0 bridgehead atoms. The van der Waals surface area contributed by atoms with E-state index in [0.29, 0.717) is 11.5 Å². The Kier molecular flexibility index (Phi) is 2.63. The molecule has 19 heavy (non-hydrogen) atoms. The van der Waals surface area contributed by atoms with E-state index in [9.17, 15) is 4.91 Å². The van der Waals surface area contributed by atoms with Gasteiger partial charge in [-0.2, -0.15) is 0 Å². The molecule has 0 radical (unpaired) electrons. The predicted octanol–water partition coefficient (Wildman–Crippen LogP) is 4.02. The number of fused-ring (bicyclic) bond motifs is 1. The summed E-state index contributed by atoms with van der Waals surface area (Å²) in [6.07, 6.45) is 1.80. The number of hydrogen-bond acceptors (Lipinski definition) is 3. The van der Waals surface area contributed by atoms with Crippen LogP contribution in [0.15, 0.2) is 47.8 Å². The number of nitroso groups, excluding NO2 is 1. The summed E-state index contributed by atoms with van der Waals surface area (Å²) in [4.78, 5) is 15.6. The Bertz CT molecular complexity index is 774. The van der Waals surface area contributed by atoms with Crippen LogP contribution in [0.2, 0.25) is 0 Å². The van der Waals surface area contributed by atoms with Crippen LogP contribution < -0.4 is 0 Å². The number of pyridine rings is 1. The van der Waals surface area contributed by atoms with Crippen molar-refractivity contribution in [2.45, 2.75) is 13.8 Å². The van der Waals surface area contributed by atoms with Crippen molar-refractivity contribution >= 4 is 11.5 Å². The monoisotopic (exact) mass is 251 g/mol. The van der Waals surface area contributed by atoms with Crippen LogP contribution in [0.4, 0.5) is 5.82 Å². The summed E-state index contributed by atoms with van der Waals surface area (Å²) in [5, 5.41) is 3.14. The molecule has 3 rings (SSSR count). The molecule has 0 aliphatic carbocycles. The van der Waals surface area contributed by atoms with Gasteiger partial charge in [-0.25, -0.2) is 4.98 Å². The minimum atomic E-state index is 0.346. The van der Waals surface area contributed by atoms with Crippen molar-refractivity contribution < 1.29 is 0 Å². The van der Waals surface area contributed by atoms with Gasteiger partial charge in [-0.05, 0) is 48.4 Å². The van der Waals surface area contributed by atoms with Gasteiger partial charge in [0.1, 0.15) is 11.3 Å². The highest BCUT2D eigenvalue weighted by molar-refractivity contribution is 5.75. The molecule has 1 aromatic carbocycles. The molecule has 0 saturated carbocycles. The van der Waals surface area contributed by atoms with E-state index in [0.717, 1.165) is 11.2 Å². The van der Waals surface area contributed by atoms with Crippen molar-refractivity contribution in [2.75, 3.05) is 0 Å². The molecule has 4 heteroatoms. The molecule has 0 N–H and O–H groups in total. The number of imidazole rings is 1. The molecule has 2 heterocycles. The minimum absolute atomic E-state index is 0.346. The zero-order valence-electron chi connectivity index (χ0n) is 10.8. The standard InChI is InChI=1S/C15H13N3O/c1-10-6-7-12(9-11(10)2)14-15(17-19)18-8-4-3-5-13(18)16-14/h3-9H,1-2H3. The summed E-state index contributed by atoms with van der Waals surface area (Å²) in [5.41, 5.74) is 4.66. The Morgan fingerprint density at radius 3 is 2.68 bits per heavy atom. The summed E-state index contributed by atoms with van der Waals surface area (Å²) in [6.45, 7) is 4.10. The fourth-order valence-electron chi connectivity index (χ4n) is 2.15. The second kappa shape index (κ2) is 4.31. The van der Waals surface area contributed by atoms with Crippen LogP contribution in [-0.4, -0.2) is 9.38 Å². The first-order valence-electron chi connectivity index (χ1n) is 6.09. The van der Waals surface area contributed by atoms with Gasteiger partial charge in [0.05, 0.1) is 0 Å². The highest BCUT2D eigenvalue weighted by Gasteiger charge is 2.14. The summed E-state index contributed by atoms with van der Waals surface area (Å²) in [5.74, 6) is 0.346. The van der Waals surface area contributed by atoms with Crippen LogP contribution in [0.3, 0.4) is 0 Å². The lowest BCUT2D eigenvalue weighted by Crippen LogP contribution is -1.84. The summed E-state index contributed by atoms with van der Waals surface area (Å²) in [6, 6.07) is 11.6. The van der Waals surface area contributed by atoms with Gasteiger partial charge in [0.2, 0.25) is 5.82 Å². The van der Waals surface area contributed by atoms with Crippen LogP contribution in [0.5, 0.6) is 0 Å². The first-order chi connectivity index (χ1) is 9.20. The molecule has 0 atom stereocenters. The molecule has 4 nitrogen and oxygen atoms in total. The summed E-state index contributed by atoms with van der Waals surface area (Å²) in [7, 11) is 0. The smallest absolute Gasteiger partial charge is 0.209 e. The quantitative estimate of drug-likeness (QED) is 0.646. The van der Waals surface area contributed by atoms with Crippen molar-refractivity contribution in [1.82, 2.24) is 9.38 Å². The second-order valence-corrected chi connectivity index (χ2v) is 4.60. The van der Waals surface area contributed by atoms with Crippen LogP contribution >= 0.6 is 0 Å². The zero-order valence-corrected chi connectivity index (χ0v) is 10.8. The number of aromatic nitrogens is 2. The van der Waals surface area contributed by atoms with E-state index in [1.807, 2.05) is 43.3 Å². The topological polar surface area (TPSA) is 46.7 Å². The average molecular weight is 251 g/mol. The Labute approximate surface area is 110 Å². The lowest BCUT2D eigenvalue weighted by molar-refractivity contribution is 1.16. The lowest BCUT2D eigenvalue weighted by Gasteiger charge is -2.02. The van der Waals surface area contributed by atoms with Gasteiger partial charge in [0.15, 0.2) is 0 Å². The number of hydrogen-bond donors (Lipinski definition) is 0. The fourth-order valence-corrected chi connectivity index (χ4v) is 2.15. The molecule has 2 aromatic heterocycles. The maximum Gasteiger partial charge on any atom is 0.209 e. The third-order valence-corrected chi connectivity index (χ3v) is 3.37. The molecule has 0 saturated heterocycles. The van der Waals surface area contributed by atoms with Gasteiger partial charge in [0, 0.05) is 11.8 Å². The van der Waals surface area contributed by atoms with Crippen LogP contribution in [0, 0.1) is 18.8 Å². The first kappa shape index (κ1) is 11.6. The van der Waals surface area contributed by atoms with Gasteiger partial charge < -0.3 is 0 Å². The van der Waals surface area contributed by atoms with Crippen LogP contribution in [-0.2, 0) is 0 Å². The molecule has 0 unspecified atom stereocenters. The lowest BCUT2D eigenvalue weighted by atomic mass is 10.0. The SMILES string of the molecule is Cc1ccc(-c2nc3ccccn3c2N=O)cc1C. The molecule has 0 fully saturated rings. The summed E-state index contributed by atoms with van der Waals surface area (Å²) >= 11 is 0. The van der Waals surface area contributed by atoms with E-state index in [-0.39, 0.29) is 0 Å². The maximum atomic E-state index is 11.1. The Hall–Kier alpha value is -2.49.